The maximum Gasteiger partial charge on any atom is 0.119 e. The molecular formula is C12H12Br2N2OS. The van der Waals surface area contributed by atoms with E-state index < -0.39 is 0 Å². The van der Waals surface area contributed by atoms with Crippen molar-refractivity contribution in [2.75, 3.05) is 7.11 Å². The zero-order chi connectivity index (χ0) is 13.1. The number of hydrogen-bond acceptors (Lipinski definition) is 4. The molecule has 1 aromatic heterocycles. The lowest BCUT2D eigenvalue weighted by Gasteiger charge is -2.18. The van der Waals surface area contributed by atoms with Crippen LogP contribution in [0.1, 0.15) is 16.5 Å². The molecule has 0 fully saturated rings. The van der Waals surface area contributed by atoms with Gasteiger partial charge in [-0.25, -0.2) is 5.43 Å². The second-order valence-corrected chi connectivity index (χ2v) is 6.28. The molecule has 0 bridgehead atoms. The first-order valence-corrected chi connectivity index (χ1v) is 7.66. The third-order valence-electron chi connectivity index (χ3n) is 2.59. The van der Waals surface area contributed by atoms with Crippen LogP contribution in [0.3, 0.4) is 0 Å². The molecule has 0 saturated heterocycles. The monoisotopic (exact) mass is 390 g/mol. The van der Waals surface area contributed by atoms with Crippen LogP contribution in [0, 0.1) is 0 Å². The van der Waals surface area contributed by atoms with Crippen LogP contribution in [-0.4, -0.2) is 7.11 Å². The minimum atomic E-state index is -0.0798. The van der Waals surface area contributed by atoms with Crippen LogP contribution in [0.25, 0.3) is 0 Å². The SMILES string of the molecule is COc1ccc(Br)c(C(NN)c2sccc2Br)c1. The Labute approximate surface area is 127 Å². The fourth-order valence-corrected chi connectivity index (χ4v) is 3.84. The van der Waals surface area contributed by atoms with Crippen molar-refractivity contribution in [1.82, 2.24) is 5.43 Å². The van der Waals surface area contributed by atoms with Crippen LogP contribution in [0.2, 0.25) is 0 Å². The maximum absolute atomic E-state index is 5.70. The van der Waals surface area contributed by atoms with Gasteiger partial charge < -0.3 is 4.74 Å². The van der Waals surface area contributed by atoms with Crippen molar-refractivity contribution in [3.05, 3.63) is 49.0 Å². The van der Waals surface area contributed by atoms with E-state index in [1.165, 1.54) is 0 Å². The Bertz CT molecular complexity index is 545. The van der Waals surface area contributed by atoms with Crippen molar-refractivity contribution < 1.29 is 4.74 Å². The van der Waals surface area contributed by atoms with E-state index in [1.807, 2.05) is 29.6 Å². The number of benzene rings is 1. The van der Waals surface area contributed by atoms with Gasteiger partial charge in [-0.2, -0.15) is 0 Å². The molecule has 18 heavy (non-hydrogen) atoms. The minimum Gasteiger partial charge on any atom is -0.497 e. The Hall–Kier alpha value is -0.400. The molecule has 0 saturated carbocycles. The molecule has 96 valence electrons. The summed E-state index contributed by atoms with van der Waals surface area (Å²) < 4.78 is 7.29. The Morgan fingerprint density at radius 3 is 2.61 bits per heavy atom. The van der Waals surface area contributed by atoms with Crippen LogP contribution < -0.4 is 16.0 Å². The number of thiophene rings is 1. The van der Waals surface area contributed by atoms with Crippen LogP contribution >= 0.6 is 43.2 Å². The largest absolute Gasteiger partial charge is 0.497 e. The van der Waals surface area contributed by atoms with E-state index >= 15 is 0 Å². The molecule has 3 N–H and O–H groups in total. The molecule has 0 aliphatic heterocycles. The summed E-state index contributed by atoms with van der Waals surface area (Å²) in [5, 5.41) is 2.03. The highest BCUT2D eigenvalue weighted by molar-refractivity contribution is 9.10. The summed E-state index contributed by atoms with van der Waals surface area (Å²) in [6.45, 7) is 0. The van der Waals surface area contributed by atoms with Gasteiger partial charge in [0.1, 0.15) is 5.75 Å². The lowest BCUT2D eigenvalue weighted by molar-refractivity contribution is 0.413. The molecule has 0 radical (unpaired) electrons. The van der Waals surface area contributed by atoms with Gasteiger partial charge in [-0.15, -0.1) is 11.3 Å². The third kappa shape index (κ3) is 2.78. The van der Waals surface area contributed by atoms with E-state index in [-0.39, 0.29) is 6.04 Å². The standard InChI is InChI=1S/C12H12Br2N2OS/c1-17-7-2-3-9(13)8(6-7)11(16-15)12-10(14)4-5-18-12/h2-6,11,16H,15H2,1H3. The molecule has 3 nitrogen and oxygen atoms in total. The van der Waals surface area contributed by atoms with Crippen LogP contribution in [0.5, 0.6) is 5.75 Å². The predicted molar refractivity (Wildman–Crippen MR) is 81.9 cm³/mol. The van der Waals surface area contributed by atoms with E-state index in [1.54, 1.807) is 18.4 Å². The maximum atomic E-state index is 5.70. The molecule has 0 spiro atoms. The molecule has 2 aromatic rings. The van der Waals surface area contributed by atoms with Crippen molar-refractivity contribution in [2.24, 2.45) is 5.84 Å². The molecule has 0 aliphatic carbocycles. The molecule has 6 heteroatoms. The van der Waals surface area contributed by atoms with E-state index in [2.05, 4.69) is 37.3 Å². The molecule has 0 amide bonds. The number of methoxy groups -OCH3 is 1. The average Bonchev–Trinajstić information content (AvgIpc) is 2.79. The van der Waals surface area contributed by atoms with E-state index in [0.29, 0.717) is 0 Å². The lowest BCUT2D eigenvalue weighted by Crippen LogP contribution is -2.28. The Balaban J connectivity index is 2.48. The molecular weight excluding hydrogens is 380 g/mol. The lowest BCUT2D eigenvalue weighted by atomic mass is 10.1. The van der Waals surface area contributed by atoms with Gasteiger partial charge in [0, 0.05) is 13.8 Å². The normalized spacial score (nSPS) is 12.4. The van der Waals surface area contributed by atoms with Crippen molar-refractivity contribution in [3.63, 3.8) is 0 Å². The molecule has 0 aliphatic rings. The number of nitrogens with one attached hydrogen (secondary N) is 1. The van der Waals surface area contributed by atoms with E-state index in [4.69, 9.17) is 10.6 Å². The zero-order valence-electron chi connectivity index (χ0n) is 9.61. The van der Waals surface area contributed by atoms with Gasteiger partial charge >= 0.3 is 0 Å². The molecule has 1 heterocycles. The summed E-state index contributed by atoms with van der Waals surface area (Å²) in [6, 6.07) is 7.77. The second kappa shape index (κ2) is 6.16. The topological polar surface area (TPSA) is 47.3 Å². The van der Waals surface area contributed by atoms with Crippen molar-refractivity contribution in [2.45, 2.75) is 6.04 Å². The van der Waals surface area contributed by atoms with Gasteiger partial charge in [-0.3, -0.25) is 5.84 Å². The number of halogens is 2. The average molecular weight is 392 g/mol. The fraction of sp³-hybridized carbons (Fsp3) is 0.167. The van der Waals surface area contributed by atoms with E-state index in [9.17, 15) is 0 Å². The summed E-state index contributed by atoms with van der Waals surface area (Å²) in [5.74, 6) is 6.51. The minimum absolute atomic E-state index is 0.0798. The number of hydrogen-bond donors (Lipinski definition) is 2. The Morgan fingerprint density at radius 2 is 2.06 bits per heavy atom. The van der Waals surface area contributed by atoms with Gasteiger partial charge in [0.2, 0.25) is 0 Å². The first kappa shape index (κ1) is 14.0. The third-order valence-corrected chi connectivity index (χ3v) is 5.25. The highest BCUT2D eigenvalue weighted by atomic mass is 79.9. The predicted octanol–water partition coefficient (Wildman–Crippen LogP) is 3.83. The van der Waals surface area contributed by atoms with Gasteiger partial charge in [-0.05, 0) is 51.1 Å². The summed E-state index contributed by atoms with van der Waals surface area (Å²) in [6.07, 6.45) is 0. The number of hydrazine groups is 1. The van der Waals surface area contributed by atoms with Crippen LogP contribution in [0.15, 0.2) is 38.6 Å². The smallest absolute Gasteiger partial charge is 0.119 e. The highest BCUT2D eigenvalue weighted by Crippen LogP contribution is 2.37. The highest BCUT2D eigenvalue weighted by Gasteiger charge is 2.19. The van der Waals surface area contributed by atoms with Crippen LogP contribution in [0.4, 0.5) is 0 Å². The summed E-state index contributed by atoms with van der Waals surface area (Å²) >= 11 is 8.73. The zero-order valence-corrected chi connectivity index (χ0v) is 13.6. The fourth-order valence-electron chi connectivity index (χ4n) is 1.69. The summed E-state index contributed by atoms with van der Waals surface area (Å²) in [7, 11) is 1.65. The first-order valence-electron chi connectivity index (χ1n) is 5.19. The van der Waals surface area contributed by atoms with E-state index in [0.717, 1.165) is 25.1 Å². The van der Waals surface area contributed by atoms with Crippen molar-refractivity contribution in [3.8, 4) is 5.75 Å². The number of ether oxygens (including phenoxy) is 1. The quantitative estimate of drug-likeness (QED) is 0.614. The first-order chi connectivity index (χ1) is 8.67. The van der Waals surface area contributed by atoms with Crippen LogP contribution in [-0.2, 0) is 0 Å². The van der Waals surface area contributed by atoms with Gasteiger partial charge in [0.05, 0.1) is 13.2 Å². The molecule has 1 atom stereocenters. The van der Waals surface area contributed by atoms with Gasteiger partial charge in [0.25, 0.3) is 0 Å². The van der Waals surface area contributed by atoms with Gasteiger partial charge in [-0.1, -0.05) is 15.9 Å². The Morgan fingerprint density at radius 1 is 1.28 bits per heavy atom. The number of nitrogens with two attached hydrogens (primary N) is 1. The van der Waals surface area contributed by atoms with Gasteiger partial charge in [0.15, 0.2) is 0 Å². The summed E-state index contributed by atoms with van der Waals surface area (Å²) in [4.78, 5) is 1.13. The molecule has 1 aromatic carbocycles. The molecule has 1 unspecified atom stereocenters. The Kier molecular flexibility index (Phi) is 4.80. The summed E-state index contributed by atoms with van der Waals surface area (Å²) in [5.41, 5.74) is 3.89. The van der Waals surface area contributed by atoms with Crippen molar-refractivity contribution in [1.29, 1.82) is 0 Å². The van der Waals surface area contributed by atoms with Crippen molar-refractivity contribution >= 4 is 43.2 Å². The second-order valence-electron chi connectivity index (χ2n) is 3.62. The molecule has 2 rings (SSSR count). The number of rotatable bonds is 4.